The van der Waals surface area contributed by atoms with Crippen LogP contribution in [0.3, 0.4) is 0 Å². The second-order valence-electron chi connectivity index (χ2n) is 3.89. The SMILES string of the molecule is CNCCc1cc2c(c(Cl)c1F)OCCCO2. The summed E-state index contributed by atoms with van der Waals surface area (Å²) in [5, 5.41) is 3.00. The van der Waals surface area contributed by atoms with Crippen molar-refractivity contribution in [3.63, 3.8) is 0 Å². The maximum atomic E-state index is 14.0. The molecule has 0 radical (unpaired) electrons. The molecule has 94 valence electrons. The van der Waals surface area contributed by atoms with Crippen molar-refractivity contribution in [3.8, 4) is 11.5 Å². The van der Waals surface area contributed by atoms with Crippen LogP contribution in [-0.4, -0.2) is 26.8 Å². The highest BCUT2D eigenvalue weighted by molar-refractivity contribution is 6.32. The summed E-state index contributed by atoms with van der Waals surface area (Å²) in [6.07, 6.45) is 1.34. The highest BCUT2D eigenvalue weighted by Crippen LogP contribution is 2.40. The lowest BCUT2D eigenvalue weighted by Crippen LogP contribution is -2.11. The van der Waals surface area contributed by atoms with E-state index < -0.39 is 5.82 Å². The second-order valence-corrected chi connectivity index (χ2v) is 4.27. The molecule has 17 heavy (non-hydrogen) atoms. The van der Waals surface area contributed by atoms with Crippen molar-refractivity contribution in [1.82, 2.24) is 5.32 Å². The molecule has 0 bridgehead atoms. The van der Waals surface area contributed by atoms with Crippen LogP contribution in [0, 0.1) is 5.82 Å². The van der Waals surface area contributed by atoms with Crippen molar-refractivity contribution >= 4 is 11.6 Å². The maximum Gasteiger partial charge on any atom is 0.182 e. The number of fused-ring (bicyclic) bond motifs is 1. The molecule has 0 saturated heterocycles. The van der Waals surface area contributed by atoms with Crippen molar-refractivity contribution < 1.29 is 13.9 Å². The predicted octanol–water partition coefficient (Wildman–Crippen LogP) is 2.40. The number of halogens is 2. The quantitative estimate of drug-likeness (QED) is 0.904. The number of rotatable bonds is 3. The fraction of sp³-hybridized carbons (Fsp3) is 0.500. The molecule has 1 aromatic carbocycles. The lowest BCUT2D eigenvalue weighted by atomic mass is 10.1. The first-order valence-electron chi connectivity index (χ1n) is 5.65. The van der Waals surface area contributed by atoms with Crippen LogP contribution in [-0.2, 0) is 6.42 Å². The van der Waals surface area contributed by atoms with E-state index in [1.807, 2.05) is 7.05 Å². The van der Waals surface area contributed by atoms with Gasteiger partial charge >= 0.3 is 0 Å². The van der Waals surface area contributed by atoms with E-state index in [0.29, 0.717) is 43.2 Å². The van der Waals surface area contributed by atoms with Gasteiger partial charge in [0.25, 0.3) is 0 Å². The fourth-order valence-electron chi connectivity index (χ4n) is 1.73. The highest BCUT2D eigenvalue weighted by atomic mass is 35.5. The van der Waals surface area contributed by atoms with Crippen molar-refractivity contribution in [1.29, 1.82) is 0 Å². The molecule has 2 rings (SSSR count). The van der Waals surface area contributed by atoms with E-state index in [9.17, 15) is 4.39 Å². The van der Waals surface area contributed by atoms with Gasteiger partial charge in [0.2, 0.25) is 0 Å². The number of hydrogen-bond acceptors (Lipinski definition) is 3. The first-order valence-corrected chi connectivity index (χ1v) is 6.03. The first kappa shape index (κ1) is 12.5. The Labute approximate surface area is 105 Å². The van der Waals surface area contributed by atoms with Gasteiger partial charge in [-0.15, -0.1) is 0 Å². The summed E-state index contributed by atoms with van der Waals surface area (Å²) in [6.45, 7) is 1.76. The van der Waals surface area contributed by atoms with Crippen LogP contribution >= 0.6 is 11.6 Å². The standard InChI is InChI=1S/C12H15ClFNO2/c1-15-4-3-8-7-9-12(10(13)11(8)14)17-6-2-5-16-9/h7,15H,2-6H2,1H3. The molecule has 1 aromatic rings. The average molecular weight is 260 g/mol. The van der Waals surface area contributed by atoms with Crippen molar-refractivity contribution in [2.45, 2.75) is 12.8 Å². The Morgan fingerprint density at radius 3 is 2.94 bits per heavy atom. The summed E-state index contributed by atoms with van der Waals surface area (Å²) in [5.41, 5.74) is 0.550. The minimum absolute atomic E-state index is 0.0236. The molecular formula is C12H15ClFNO2. The van der Waals surface area contributed by atoms with Crippen LogP contribution in [0.2, 0.25) is 5.02 Å². The van der Waals surface area contributed by atoms with Crippen LogP contribution in [0.1, 0.15) is 12.0 Å². The zero-order valence-corrected chi connectivity index (χ0v) is 10.4. The summed E-state index contributed by atoms with van der Waals surface area (Å²) in [5.74, 6) is 0.459. The van der Waals surface area contributed by atoms with E-state index in [1.54, 1.807) is 6.07 Å². The lowest BCUT2D eigenvalue weighted by molar-refractivity contribution is 0.296. The molecule has 1 heterocycles. The summed E-state index contributed by atoms with van der Waals surface area (Å²) in [4.78, 5) is 0. The number of likely N-dealkylation sites (N-methyl/N-ethyl adjacent to an activating group) is 1. The average Bonchev–Trinajstić information content (AvgIpc) is 2.57. The normalized spacial score (nSPS) is 14.5. The van der Waals surface area contributed by atoms with Crippen LogP contribution in [0.5, 0.6) is 11.5 Å². The molecular weight excluding hydrogens is 245 g/mol. The summed E-state index contributed by atoms with van der Waals surface area (Å²) in [7, 11) is 1.82. The van der Waals surface area contributed by atoms with E-state index in [-0.39, 0.29) is 5.02 Å². The molecule has 0 atom stereocenters. The van der Waals surface area contributed by atoms with Gasteiger partial charge in [-0.3, -0.25) is 0 Å². The summed E-state index contributed by atoms with van der Waals surface area (Å²) < 4.78 is 24.9. The Morgan fingerprint density at radius 1 is 1.41 bits per heavy atom. The largest absolute Gasteiger partial charge is 0.489 e. The van der Waals surface area contributed by atoms with Crippen molar-refractivity contribution in [3.05, 3.63) is 22.5 Å². The van der Waals surface area contributed by atoms with Crippen LogP contribution in [0.15, 0.2) is 6.07 Å². The van der Waals surface area contributed by atoms with E-state index in [1.165, 1.54) is 0 Å². The lowest BCUT2D eigenvalue weighted by Gasteiger charge is -2.13. The molecule has 0 spiro atoms. The minimum atomic E-state index is -0.411. The maximum absolute atomic E-state index is 14.0. The monoisotopic (exact) mass is 259 g/mol. The molecule has 0 aromatic heterocycles. The van der Waals surface area contributed by atoms with Gasteiger partial charge in [0, 0.05) is 6.42 Å². The van der Waals surface area contributed by atoms with Gasteiger partial charge < -0.3 is 14.8 Å². The van der Waals surface area contributed by atoms with Crippen molar-refractivity contribution in [2.75, 3.05) is 26.8 Å². The molecule has 0 amide bonds. The predicted molar refractivity (Wildman–Crippen MR) is 64.6 cm³/mol. The van der Waals surface area contributed by atoms with Gasteiger partial charge in [0.05, 0.1) is 13.2 Å². The Morgan fingerprint density at radius 2 is 2.18 bits per heavy atom. The van der Waals surface area contributed by atoms with Crippen LogP contribution in [0.4, 0.5) is 4.39 Å². The van der Waals surface area contributed by atoms with Gasteiger partial charge in [-0.2, -0.15) is 0 Å². The molecule has 0 unspecified atom stereocenters. The molecule has 1 N–H and O–H groups in total. The van der Waals surface area contributed by atoms with Gasteiger partial charge in [0.15, 0.2) is 11.5 Å². The van der Waals surface area contributed by atoms with Crippen LogP contribution in [0.25, 0.3) is 0 Å². The summed E-state index contributed by atoms with van der Waals surface area (Å²) in [6, 6.07) is 1.68. The zero-order valence-electron chi connectivity index (χ0n) is 9.69. The minimum Gasteiger partial charge on any atom is -0.489 e. The first-order chi connectivity index (χ1) is 8.24. The third-order valence-corrected chi connectivity index (χ3v) is 2.98. The molecule has 0 aliphatic carbocycles. The molecule has 5 heteroatoms. The number of nitrogens with one attached hydrogen (secondary N) is 1. The third-order valence-electron chi connectivity index (χ3n) is 2.64. The molecule has 1 aliphatic rings. The zero-order chi connectivity index (χ0) is 12.3. The Hall–Kier alpha value is -1.00. The van der Waals surface area contributed by atoms with Gasteiger partial charge in [-0.05, 0) is 31.6 Å². The van der Waals surface area contributed by atoms with E-state index >= 15 is 0 Å². The smallest absolute Gasteiger partial charge is 0.182 e. The molecule has 1 aliphatic heterocycles. The topological polar surface area (TPSA) is 30.5 Å². The Bertz CT molecular complexity index is 412. The Balaban J connectivity index is 2.36. The number of benzene rings is 1. The van der Waals surface area contributed by atoms with Crippen molar-refractivity contribution in [2.24, 2.45) is 0 Å². The van der Waals surface area contributed by atoms with Gasteiger partial charge in [-0.25, -0.2) is 4.39 Å². The molecule has 0 fully saturated rings. The number of ether oxygens (including phenoxy) is 2. The number of hydrogen-bond donors (Lipinski definition) is 1. The van der Waals surface area contributed by atoms with Gasteiger partial charge in [-0.1, -0.05) is 11.6 Å². The van der Waals surface area contributed by atoms with E-state index in [0.717, 1.165) is 6.42 Å². The van der Waals surface area contributed by atoms with E-state index in [4.69, 9.17) is 21.1 Å². The highest BCUT2D eigenvalue weighted by Gasteiger charge is 2.20. The fourth-order valence-corrected chi connectivity index (χ4v) is 2.00. The molecule has 3 nitrogen and oxygen atoms in total. The second kappa shape index (κ2) is 5.56. The third kappa shape index (κ3) is 2.64. The van der Waals surface area contributed by atoms with E-state index in [2.05, 4.69) is 5.32 Å². The van der Waals surface area contributed by atoms with Crippen LogP contribution < -0.4 is 14.8 Å². The van der Waals surface area contributed by atoms with Gasteiger partial charge in [0.1, 0.15) is 10.8 Å². The summed E-state index contributed by atoms with van der Waals surface area (Å²) >= 11 is 5.97. The molecule has 0 saturated carbocycles. The Kier molecular flexibility index (Phi) is 4.07.